The van der Waals surface area contributed by atoms with Gasteiger partial charge in [0.15, 0.2) is 33.3 Å². The van der Waals surface area contributed by atoms with E-state index in [1.165, 1.54) is 205 Å². The Morgan fingerprint density at radius 3 is 0.731 bits per heavy atom. The van der Waals surface area contributed by atoms with E-state index in [2.05, 4.69) is 197 Å². The van der Waals surface area contributed by atoms with E-state index in [9.17, 15) is 9.59 Å². The molecule has 0 radical (unpaired) electrons. The molecule has 0 aromatic heterocycles. The Morgan fingerprint density at radius 2 is 0.528 bits per heavy atom. The molecule has 644 valence electrons. The van der Waals surface area contributed by atoms with E-state index in [4.69, 9.17) is 27.2 Å². The van der Waals surface area contributed by atoms with Crippen LogP contribution in [0.4, 0.5) is 0 Å². The molecule has 0 spiro atoms. The lowest BCUT2D eigenvalue weighted by molar-refractivity contribution is -0.146. The lowest BCUT2D eigenvalue weighted by Gasteiger charge is -2.44. The Balaban J connectivity index is 3.13. The molecular formula is C92H192N4O8Si4. The molecule has 16 heteroatoms. The van der Waals surface area contributed by atoms with Gasteiger partial charge in [0.2, 0.25) is 0 Å². The minimum absolute atomic E-state index is 0.0861. The number of ether oxygens (including phenoxy) is 2. The van der Waals surface area contributed by atoms with Crippen molar-refractivity contribution in [1.82, 2.24) is 19.6 Å². The normalized spacial score (nSPS) is 17.0. The van der Waals surface area contributed by atoms with Crippen molar-refractivity contribution in [2.75, 3.05) is 78.7 Å². The summed E-state index contributed by atoms with van der Waals surface area (Å²) in [5, 5.41) is 0.528. The Hall–Kier alpha value is -0.512. The molecular weight excluding hydrogens is 1400 g/mol. The Bertz CT molecular complexity index is 1940. The number of nitrogens with zero attached hydrogens (tertiary/aromatic N) is 4. The highest BCUT2D eigenvalue weighted by Gasteiger charge is 2.44. The summed E-state index contributed by atoms with van der Waals surface area (Å²) in [5.74, 6) is -0.172. The number of hydrogen-bond acceptors (Lipinski definition) is 12. The summed E-state index contributed by atoms with van der Waals surface area (Å²) in [5.41, 5.74) is 0. The summed E-state index contributed by atoms with van der Waals surface area (Å²) in [4.78, 5) is 37.5. The van der Waals surface area contributed by atoms with Crippen LogP contribution in [0.25, 0.3) is 0 Å². The fraction of sp³-hybridized carbons (Fsp3) is 0.978. The highest BCUT2D eigenvalue weighted by molar-refractivity contribution is 6.75. The predicted molar refractivity (Wildman–Crippen MR) is 482 cm³/mol. The van der Waals surface area contributed by atoms with E-state index in [1.54, 1.807) is 0 Å². The van der Waals surface area contributed by atoms with Crippen LogP contribution in [0.1, 0.15) is 394 Å². The number of hydrogen-bond donors (Lipinski definition) is 0. The lowest BCUT2D eigenvalue weighted by atomic mass is 10.0. The summed E-state index contributed by atoms with van der Waals surface area (Å²) in [6.45, 7) is 71.4. The first kappa shape index (κ1) is 105. The number of esters is 2. The zero-order chi connectivity index (χ0) is 81.4. The first-order valence-corrected chi connectivity index (χ1v) is 58.2. The minimum atomic E-state index is -2.05. The molecule has 1 aliphatic rings. The van der Waals surface area contributed by atoms with Crippen molar-refractivity contribution in [1.29, 1.82) is 0 Å². The largest absolute Gasteiger partial charge is 0.464 e. The molecule has 1 fully saturated rings. The van der Waals surface area contributed by atoms with Crippen LogP contribution in [0.2, 0.25) is 72.5 Å². The number of piperazine rings is 1. The zero-order valence-corrected chi connectivity index (χ0v) is 81.7. The average Bonchev–Trinajstić information content (AvgIpc) is 0.841. The maximum atomic E-state index is 13.6. The smallest absolute Gasteiger partial charge is 0.305 e. The Morgan fingerprint density at radius 1 is 0.324 bits per heavy atom. The summed E-state index contributed by atoms with van der Waals surface area (Å²) in [7, 11) is -8.20. The number of unbranched alkanes of at least 4 members (excludes halogenated alkanes) is 30. The Labute approximate surface area is 679 Å². The van der Waals surface area contributed by atoms with Crippen molar-refractivity contribution < 1.29 is 36.8 Å². The fourth-order valence-electron chi connectivity index (χ4n) is 14.6. The summed E-state index contributed by atoms with van der Waals surface area (Å²) >= 11 is 0. The van der Waals surface area contributed by atoms with Gasteiger partial charge >= 0.3 is 11.9 Å². The van der Waals surface area contributed by atoms with E-state index in [0.717, 1.165) is 117 Å². The van der Waals surface area contributed by atoms with Crippen molar-refractivity contribution >= 4 is 45.2 Å². The van der Waals surface area contributed by atoms with Crippen LogP contribution in [0.15, 0.2) is 0 Å². The molecule has 1 aliphatic heterocycles. The molecule has 0 bridgehead atoms. The second-order valence-corrected chi connectivity index (χ2v) is 59.6. The quantitative estimate of drug-likeness (QED) is 0.0329. The fourth-order valence-corrected chi connectivity index (χ4v) is 20.1. The molecule has 0 saturated carbocycles. The molecule has 0 aromatic rings. The van der Waals surface area contributed by atoms with Crippen LogP contribution in [0, 0.1) is 0 Å². The monoisotopic (exact) mass is 1590 g/mol. The van der Waals surface area contributed by atoms with Gasteiger partial charge in [-0.2, -0.15) is 0 Å². The molecule has 1 saturated heterocycles. The third kappa shape index (κ3) is 48.9. The molecule has 108 heavy (non-hydrogen) atoms. The predicted octanol–water partition coefficient (Wildman–Crippen LogP) is 27.1. The third-order valence-electron chi connectivity index (χ3n) is 26.2. The molecule has 1 heterocycles. The van der Waals surface area contributed by atoms with Crippen molar-refractivity contribution in [2.24, 2.45) is 0 Å². The zero-order valence-electron chi connectivity index (χ0n) is 77.7. The SMILES string of the molecule is CCCCCCCCCCC(CN(CCCCC(=O)OCCN1CC(C)N(CCOC(=O)CCCCN(CC(CCCCCCCCCC)O[Si](C)(C)C(C)(C)C)CC(CCCCCCCCCC)O[Si](C)(C)C(C)(C)C)CC1C)CC(CCCCCCCCCC)O[Si](C)(C)C(C)(C)C)O[Si](C)(C)C(C)(C)C. The van der Waals surface area contributed by atoms with Gasteiger partial charge in [-0.3, -0.25) is 29.2 Å². The van der Waals surface area contributed by atoms with Crippen molar-refractivity contribution in [3.8, 4) is 0 Å². The molecule has 0 aliphatic carbocycles. The van der Waals surface area contributed by atoms with Gasteiger partial charge in [-0.15, -0.1) is 0 Å². The molecule has 0 N–H and O–H groups in total. The van der Waals surface area contributed by atoms with Gasteiger partial charge < -0.3 is 27.2 Å². The second-order valence-electron chi connectivity index (χ2n) is 40.6. The van der Waals surface area contributed by atoms with Crippen LogP contribution in [0.5, 0.6) is 0 Å². The summed E-state index contributed by atoms with van der Waals surface area (Å²) < 4.78 is 41.8. The number of carbonyl (C=O) groups is 2. The summed E-state index contributed by atoms with van der Waals surface area (Å²) in [6.07, 6.45) is 51.6. The third-order valence-corrected chi connectivity index (χ3v) is 44.3. The van der Waals surface area contributed by atoms with E-state index in [-0.39, 0.29) is 56.5 Å². The van der Waals surface area contributed by atoms with E-state index >= 15 is 0 Å². The van der Waals surface area contributed by atoms with Crippen LogP contribution in [-0.2, 0) is 36.8 Å². The molecule has 12 nitrogen and oxygen atoms in total. The minimum Gasteiger partial charge on any atom is -0.464 e. The first-order valence-electron chi connectivity index (χ1n) is 46.6. The van der Waals surface area contributed by atoms with E-state index < -0.39 is 33.3 Å². The van der Waals surface area contributed by atoms with Crippen molar-refractivity contribution in [2.45, 2.75) is 503 Å². The van der Waals surface area contributed by atoms with Crippen molar-refractivity contribution in [3.05, 3.63) is 0 Å². The highest BCUT2D eigenvalue weighted by Crippen LogP contribution is 2.42. The van der Waals surface area contributed by atoms with E-state index in [1.807, 2.05) is 0 Å². The van der Waals surface area contributed by atoms with Gasteiger partial charge in [0.05, 0.1) is 24.4 Å². The molecule has 0 aromatic carbocycles. The van der Waals surface area contributed by atoms with Gasteiger partial charge in [-0.25, -0.2) is 0 Å². The van der Waals surface area contributed by atoms with Gasteiger partial charge in [-0.05, 0) is 151 Å². The van der Waals surface area contributed by atoms with Gasteiger partial charge in [0.25, 0.3) is 0 Å². The Kier molecular flexibility index (Phi) is 56.2. The van der Waals surface area contributed by atoms with Crippen LogP contribution in [0.3, 0.4) is 0 Å². The maximum Gasteiger partial charge on any atom is 0.305 e. The van der Waals surface area contributed by atoms with Crippen LogP contribution >= 0.6 is 0 Å². The van der Waals surface area contributed by atoms with Gasteiger partial charge in [-0.1, -0.05) is 316 Å². The van der Waals surface area contributed by atoms with Crippen LogP contribution in [-0.4, -0.2) is 180 Å². The molecule has 6 unspecified atom stereocenters. The van der Waals surface area contributed by atoms with Gasteiger partial charge in [0, 0.05) is 77.3 Å². The molecule has 0 amide bonds. The van der Waals surface area contributed by atoms with Gasteiger partial charge in [0.1, 0.15) is 13.2 Å². The van der Waals surface area contributed by atoms with Crippen molar-refractivity contribution in [3.63, 3.8) is 0 Å². The average molecular weight is 1590 g/mol. The molecule has 6 atom stereocenters. The number of carbonyl (C=O) groups excluding carboxylic acids is 2. The highest BCUT2D eigenvalue weighted by atomic mass is 28.4. The standard InChI is InChI=1S/C92H192N4O8Si4/c1-27-31-35-39-43-47-51-55-63-83(101-105(19,20)89(7,8)9)77-93(78-84(102-106(21,22)90(10,11)12)64-56-52-48-44-40-36-32-28-2)69-61-59-67-87(97)99-73-71-95-75-82(6)96(76-81(95)5)72-74-100-88(98)68-60-62-70-94(79-85(103-107(23,24)91(13,14)15)65-57-53-49-45-41-37-33-29-3)80-86(104-108(25,26)92(16,17)18)66-58-54-50-46-42-38-34-30-4/h81-86H,27-80H2,1-26H3. The maximum absolute atomic E-state index is 13.6. The second kappa shape index (κ2) is 57.6. The van der Waals surface area contributed by atoms with E-state index in [0.29, 0.717) is 38.1 Å². The summed E-state index contributed by atoms with van der Waals surface area (Å²) in [6, 6.07) is 0.591. The van der Waals surface area contributed by atoms with Crippen LogP contribution < -0.4 is 0 Å². The lowest BCUT2D eigenvalue weighted by Crippen LogP contribution is -2.57. The molecule has 1 rings (SSSR count). The topological polar surface area (TPSA) is 102 Å². The number of rotatable bonds is 68. The first-order chi connectivity index (χ1) is 50.6.